The van der Waals surface area contributed by atoms with Gasteiger partial charge in [0.25, 0.3) is 0 Å². The summed E-state index contributed by atoms with van der Waals surface area (Å²) in [5.41, 5.74) is 8.44. The number of ether oxygens (including phenoxy) is 2. The van der Waals surface area contributed by atoms with Crippen molar-refractivity contribution in [2.45, 2.75) is 13.8 Å². The first-order valence-electron chi connectivity index (χ1n) is 15.4. The summed E-state index contributed by atoms with van der Waals surface area (Å²) in [7, 11) is 0. The standard InChI is InChI=1S/C46H30O2/c1-5-35-9-13-37(14-10-35)17-19-39-21-25-41(26-22-39)29-31-43-33-46(48-8-4)44(34-45(43)47-7-3)32-30-42-27-23-40(24-28-42)20-18-38-15-11-36(6-2)12-16-38/h1-2,9-16,21-28,33-34H,7-8H2,3-4H3. The van der Waals surface area contributed by atoms with E-state index in [2.05, 4.69) is 59.2 Å². The van der Waals surface area contributed by atoms with Crippen molar-refractivity contribution in [2.24, 2.45) is 0 Å². The van der Waals surface area contributed by atoms with E-state index in [1.807, 2.05) is 123 Å². The Morgan fingerprint density at radius 3 is 0.833 bits per heavy atom. The van der Waals surface area contributed by atoms with Gasteiger partial charge in [0.2, 0.25) is 0 Å². The summed E-state index contributed by atoms with van der Waals surface area (Å²) in [6.45, 7) is 4.87. The van der Waals surface area contributed by atoms with Crippen molar-refractivity contribution in [3.8, 4) is 83.6 Å². The Morgan fingerprint density at radius 1 is 0.375 bits per heavy atom. The highest BCUT2D eigenvalue weighted by atomic mass is 16.5. The van der Waals surface area contributed by atoms with E-state index in [9.17, 15) is 0 Å². The Labute approximate surface area is 284 Å². The molecule has 5 aromatic rings. The summed E-state index contributed by atoms with van der Waals surface area (Å²) in [5.74, 6) is 32.2. The van der Waals surface area contributed by atoms with Gasteiger partial charge in [0.05, 0.1) is 24.3 Å². The minimum absolute atomic E-state index is 0.491. The van der Waals surface area contributed by atoms with Crippen LogP contribution in [0.3, 0.4) is 0 Å². The summed E-state index contributed by atoms with van der Waals surface area (Å²) in [6.07, 6.45) is 10.9. The fourth-order valence-electron chi connectivity index (χ4n) is 4.45. The van der Waals surface area contributed by atoms with Gasteiger partial charge >= 0.3 is 0 Å². The van der Waals surface area contributed by atoms with Crippen molar-refractivity contribution in [1.29, 1.82) is 0 Å². The third-order valence-corrected chi connectivity index (χ3v) is 6.94. The van der Waals surface area contributed by atoms with Crippen LogP contribution >= 0.6 is 0 Å². The van der Waals surface area contributed by atoms with Crippen LogP contribution in [0.2, 0.25) is 0 Å². The molecule has 0 aliphatic carbocycles. The minimum atomic E-state index is 0.491. The lowest BCUT2D eigenvalue weighted by atomic mass is 10.1. The van der Waals surface area contributed by atoms with Gasteiger partial charge in [0, 0.05) is 56.6 Å². The molecule has 2 heteroatoms. The highest BCUT2D eigenvalue weighted by Crippen LogP contribution is 2.29. The third kappa shape index (κ3) is 9.05. The lowest BCUT2D eigenvalue weighted by molar-refractivity contribution is 0.329. The van der Waals surface area contributed by atoms with Crippen LogP contribution in [0.25, 0.3) is 0 Å². The summed E-state index contributed by atoms with van der Waals surface area (Å²) >= 11 is 0. The molecule has 0 atom stereocenters. The van der Waals surface area contributed by atoms with Gasteiger partial charge in [-0.2, -0.15) is 0 Å². The molecule has 2 nitrogen and oxygen atoms in total. The number of hydrogen-bond donors (Lipinski definition) is 0. The first-order valence-corrected chi connectivity index (χ1v) is 15.4. The van der Waals surface area contributed by atoms with Gasteiger partial charge in [0.15, 0.2) is 0 Å². The van der Waals surface area contributed by atoms with E-state index in [0.29, 0.717) is 24.7 Å². The van der Waals surface area contributed by atoms with Crippen molar-refractivity contribution in [1.82, 2.24) is 0 Å². The molecule has 0 bridgehead atoms. The van der Waals surface area contributed by atoms with Crippen LogP contribution in [0.5, 0.6) is 11.5 Å². The van der Waals surface area contributed by atoms with E-state index in [0.717, 1.165) is 55.6 Å². The smallest absolute Gasteiger partial charge is 0.136 e. The second-order valence-electron chi connectivity index (χ2n) is 10.3. The number of rotatable bonds is 4. The average molecular weight is 615 g/mol. The second-order valence-corrected chi connectivity index (χ2v) is 10.3. The largest absolute Gasteiger partial charge is 0.493 e. The van der Waals surface area contributed by atoms with E-state index in [1.165, 1.54) is 0 Å². The van der Waals surface area contributed by atoms with E-state index in [-0.39, 0.29) is 0 Å². The number of terminal acetylenes is 2. The first kappa shape index (κ1) is 32.5. The molecule has 0 aliphatic heterocycles. The predicted octanol–water partition coefficient (Wildman–Crippen LogP) is 8.05. The summed E-state index contributed by atoms with van der Waals surface area (Å²) < 4.78 is 11.9. The van der Waals surface area contributed by atoms with Gasteiger partial charge in [-0.15, -0.1) is 12.8 Å². The van der Waals surface area contributed by atoms with Gasteiger partial charge in [0.1, 0.15) is 11.5 Å². The maximum atomic E-state index is 5.97. The number of hydrogen-bond acceptors (Lipinski definition) is 2. The lowest BCUT2D eigenvalue weighted by Gasteiger charge is -2.11. The van der Waals surface area contributed by atoms with Gasteiger partial charge < -0.3 is 9.47 Å². The van der Waals surface area contributed by atoms with Crippen molar-refractivity contribution < 1.29 is 9.47 Å². The molecule has 0 aliphatic rings. The summed E-state index contributed by atoms with van der Waals surface area (Å²) in [6, 6.07) is 34.7. The molecule has 0 spiro atoms. The van der Waals surface area contributed by atoms with E-state index in [1.54, 1.807) is 0 Å². The highest BCUT2D eigenvalue weighted by molar-refractivity contribution is 5.61. The lowest BCUT2D eigenvalue weighted by Crippen LogP contribution is -2.00. The fourth-order valence-corrected chi connectivity index (χ4v) is 4.45. The van der Waals surface area contributed by atoms with Crippen LogP contribution in [0.1, 0.15) is 69.5 Å². The Hall–Kier alpha value is -6.94. The van der Waals surface area contributed by atoms with Crippen molar-refractivity contribution in [2.75, 3.05) is 13.2 Å². The van der Waals surface area contributed by atoms with Gasteiger partial charge in [-0.3, -0.25) is 0 Å². The van der Waals surface area contributed by atoms with Gasteiger partial charge in [-0.05, 0) is 111 Å². The molecular formula is C46H30O2. The topological polar surface area (TPSA) is 18.5 Å². The van der Waals surface area contributed by atoms with Gasteiger partial charge in [-0.25, -0.2) is 0 Å². The summed E-state index contributed by atoms with van der Waals surface area (Å²) in [4.78, 5) is 0. The normalized spacial score (nSPS) is 9.33. The van der Waals surface area contributed by atoms with Crippen LogP contribution in [0.15, 0.2) is 109 Å². The molecule has 0 unspecified atom stereocenters. The van der Waals surface area contributed by atoms with Gasteiger partial charge in [-0.1, -0.05) is 59.2 Å². The Morgan fingerprint density at radius 2 is 0.604 bits per heavy atom. The molecule has 0 fully saturated rings. The zero-order chi connectivity index (χ0) is 33.6. The van der Waals surface area contributed by atoms with E-state index in [4.69, 9.17) is 22.3 Å². The van der Waals surface area contributed by atoms with E-state index >= 15 is 0 Å². The van der Waals surface area contributed by atoms with Crippen LogP contribution in [-0.2, 0) is 0 Å². The second kappa shape index (κ2) is 16.4. The maximum absolute atomic E-state index is 5.97. The van der Waals surface area contributed by atoms with Crippen LogP contribution in [0, 0.1) is 72.1 Å². The quantitative estimate of drug-likeness (QED) is 0.191. The molecule has 5 aromatic carbocycles. The van der Waals surface area contributed by atoms with Crippen molar-refractivity contribution in [3.05, 3.63) is 165 Å². The van der Waals surface area contributed by atoms with Crippen molar-refractivity contribution >= 4 is 0 Å². The van der Waals surface area contributed by atoms with Crippen molar-refractivity contribution in [3.63, 3.8) is 0 Å². The Bertz CT molecular complexity index is 2080. The van der Waals surface area contributed by atoms with E-state index < -0.39 is 0 Å². The zero-order valence-corrected chi connectivity index (χ0v) is 26.8. The third-order valence-electron chi connectivity index (χ3n) is 6.94. The van der Waals surface area contributed by atoms with Crippen LogP contribution in [0.4, 0.5) is 0 Å². The predicted molar refractivity (Wildman–Crippen MR) is 194 cm³/mol. The first-order chi connectivity index (χ1) is 23.6. The molecule has 0 aromatic heterocycles. The van der Waals surface area contributed by atoms with Crippen LogP contribution in [-0.4, -0.2) is 13.2 Å². The SMILES string of the molecule is C#Cc1ccc(C#Cc2ccc(C#Cc3cc(OCC)c(C#Cc4ccc(C#Cc5ccc(C#C)cc5)cc4)cc3OCC)cc2)cc1. The highest BCUT2D eigenvalue weighted by Gasteiger charge is 2.10. The molecule has 0 N–H and O–H groups in total. The molecule has 0 radical (unpaired) electrons. The molecule has 0 saturated heterocycles. The zero-order valence-electron chi connectivity index (χ0n) is 26.8. The molecule has 0 saturated carbocycles. The molecule has 226 valence electrons. The molecule has 48 heavy (non-hydrogen) atoms. The molecule has 0 heterocycles. The minimum Gasteiger partial charge on any atom is -0.493 e. The Balaban J connectivity index is 1.33. The maximum Gasteiger partial charge on any atom is 0.136 e. The monoisotopic (exact) mass is 614 g/mol. The molecule has 0 amide bonds. The average Bonchev–Trinajstić information content (AvgIpc) is 3.14. The fraction of sp³-hybridized carbons (Fsp3) is 0.0870. The van der Waals surface area contributed by atoms with Crippen LogP contribution < -0.4 is 9.47 Å². The molecular weight excluding hydrogens is 585 g/mol. The summed E-state index contributed by atoms with van der Waals surface area (Å²) in [5, 5.41) is 0. The number of benzene rings is 5. The Kier molecular flexibility index (Phi) is 11.1. The molecule has 5 rings (SSSR count).